The van der Waals surface area contributed by atoms with Gasteiger partial charge in [0.25, 0.3) is 0 Å². The molecule has 0 radical (unpaired) electrons. The highest BCUT2D eigenvalue weighted by atomic mass is 35.5. The van der Waals surface area contributed by atoms with Gasteiger partial charge >= 0.3 is 0 Å². The minimum absolute atomic E-state index is 0.0530. The van der Waals surface area contributed by atoms with Crippen molar-refractivity contribution < 1.29 is 9.32 Å². The third-order valence-electron chi connectivity index (χ3n) is 3.30. The summed E-state index contributed by atoms with van der Waals surface area (Å²) in [7, 11) is 0. The number of nitrogens with one attached hydrogen (secondary N) is 1. The van der Waals surface area contributed by atoms with Crippen molar-refractivity contribution in [2.45, 2.75) is 45.4 Å². The standard InChI is InChI=1S/C17H21ClN2O2/c1-17(2,3)14-11-15(20-22-14)19-16(21)6-4-5-12-7-9-13(18)10-8-12/h7-11H,4-6H2,1-3H3,(H,19,20,21). The minimum Gasteiger partial charge on any atom is -0.359 e. The average Bonchev–Trinajstić information content (AvgIpc) is 2.89. The topological polar surface area (TPSA) is 55.1 Å². The van der Waals surface area contributed by atoms with Crippen molar-refractivity contribution in [3.05, 3.63) is 46.7 Å². The minimum atomic E-state index is -0.120. The number of aryl methyl sites for hydroxylation is 1. The predicted octanol–water partition coefficient (Wildman–Crippen LogP) is 4.59. The summed E-state index contributed by atoms with van der Waals surface area (Å²) in [4.78, 5) is 11.9. The Hall–Kier alpha value is -1.81. The molecular formula is C17H21ClN2O2. The van der Waals surface area contributed by atoms with E-state index in [0.717, 1.165) is 23.6 Å². The number of amides is 1. The fourth-order valence-electron chi connectivity index (χ4n) is 2.00. The van der Waals surface area contributed by atoms with E-state index in [1.54, 1.807) is 6.07 Å². The van der Waals surface area contributed by atoms with Crippen molar-refractivity contribution in [1.29, 1.82) is 0 Å². The van der Waals surface area contributed by atoms with Crippen LogP contribution in [0.5, 0.6) is 0 Å². The quantitative estimate of drug-likeness (QED) is 0.876. The average molecular weight is 321 g/mol. The zero-order chi connectivity index (χ0) is 16.2. The molecule has 1 amide bonds. The second-order valence-electron chi connectivity index (χ2n) is 6.35. The lowest BCUT2D eigenvalue weighted by Gasteiger charge is -2.12. The highest BCUT2D eigenvalue weighted by Crippen LogP contribution is 2.24. The fourth-order valence-corrected chi connectivity index (χ4v) is 2.12. The summed E-state index contributed by atoms with van der Waals surface area (Å²) in [6.45, 7) is 6.10. The molecule has 1 aromatic carbocycles. The smallest absolute Gasteiger partial charge is 0.225 e. The van der Waals surface area contributed by atoms with Gasteiger partial charge in [0.15, 0.2) is 5.82 Å². The van der Waals surface area contributed by atoms with Gasteiger partial charge in [0.2, 0.25) is 5.91 Å². The van der Waals surface area contributed by atoms with Crippen LogP contribution in [0.25, 0.3) is 0 Å². The van der Waals surface area contributed by atoms with Crippen LogP contribution in [0.2, 0.25) is 5.02 Å². The van der Waals surface area contributed by atoms with Crippen LogP contribution in [0.4, 0.5) is 5.82 Å². The molecule has 0 saturated heterocycles. The number of hydrogen-bond donors (Lipinski definition) is 1. The number of halogens is 1. The molecule has 1 heterocycles. The van der Waals surface area contributed by atoms with Crippen LogP contribution < -0.4 is 5.32 Å². The maximum atomic E-state index is 11.9. The second-order valence-corrected chi connectivity index (χ2v) is 6.79. The first-order chi connectivity index (χ1) is 10.3. The largest absolute Gasteiger partial charge is 0.359 e. The van der Waals surface area contributed by atoms with Crippen molar-refractivity contribution >= 4 is 23.3 Å². The van der Waals surface area contributed by atoms with E-state index in [1.807, 2.05) is 45.0 Å². The van der Waals surface area contributed by atoms with E-state index >= 15 is 0 Å². The van der Waals surface area contributed by atoms with Gasteiger partial charge in [0, 0.05) is 22.9 Å². The Morgan fingerprint density at radius 1 is 1.27 bits per heavy atom. The predicted molar refractivity (Wildman–Crippen MR) is 88.2 cm³/mol. The van der Waals surface area contributed by atoms with Crippen LogP contribution in [0.3, 0.4) is 0 Å². The van der Waals surface area contributed by atoms with Gasteiger partial charge in [-0.05, 0) is 30.5 Å². The number of carbonyl (C=O) groups is 1. The normalized spacial score (nSPS) is 11.5. The Morgan fingerprint density at radius 2 is 1.95 bits per heavy atom. The van der Waals surface area contributed by atoms with Crippen LogP contribution in [0.15, 0.2) is 34.9 Å². The molecular weight excluding hydrogens is 300 g/mol. The molecule has 0 unspecified atom stereocenters. The molecule has 0 fully saturated rings. The molecule has 0 bridgehead atoms. The molecule has 1 N–H and O–H groups in total. The lowest BCUT2D eigenvalue weighted by atomic mass is 9.93. The second kappa shape index (κ2) is 6.97. The molecule has 0 aliphatic carbocycles. The third kappa shape index (κ3) is 4.88. The lowest BCUT2D eigenvalue weighted by Crippen LogP contribution is -2.12. The van der Waals surface area contributed by atoms with Gasteiger partial charge in [0.1, 0.15) is 5.76 Å². The van der Waals surface area contributed by atoms with E-state index in [1.165, 1.54) is 5.56 Å². The molecule has 4 nitrogen and oxygen atoms in total. The maximum Gasteiger partial charge on any atom is 0.225 e. The Kier molecular flexibility index (Phi) is 5.24. The van der Waals surface area contributed by atoms with Gasteiger partial charge < -0.3 is 9.84 Å². The Labute approximate surface area is 135 Å². The van der Waals surface area contributed by atoms with Crippen molar-refractivity contribution in [3.63, 3.8) is 0 Å². The number of nitrogens with zero attached hydrogens (tertiary/aromatic N) is 1. The highest BCUT2D eigenvalue weighted by Gasteiger charge is 2.20. The summed E-state index contributed by atoms with van der Waals surface area (Å²) in [6, 6.07) is 9.46. The van der Waals surface area contributed by atoms with Gasteiger partial charge in [-0.15, -0.1) is 0 Å². The summed E-state index contributed by atoms with van der Waals surface area (Å²) in [5.41, 5.74) is 1.05. The van der Waals surface area contributed by atoms with Gasteiger partial charge in [-0.2, -0.15) is 0 Å². The van der Waals surface area contributed by atoms with Crippen LogP contribution in [-0.2, 0) is 16.6 Å². The van der Waals surface area contributed by atoms with Crippen LogP contribution in [-0.4, -0.2) is 11.1 Å². The molecule has 118 valence electrons. The van der Waals surface area contributed by atoms with Crippen molar-refractivity contribution in [2.75, 3.05) is 5.32 Å². The monoisotopic (exact) mass is 320 g/mol. The molecule has 1 aromatic heterocycles. The molecule has 2 aromatic rings. The van der Waals surface area contributed by atoms with Gasteiger partial charge in [0.05, 0.1) is 0 Å². The zero-order valence-corrected chi connectivity index (χ0v) is 13.9. The zero-order valence-electron chi connectivity index (χ0n) is 13.1. The number of anilines is 1. The number of carbonyl (C=O) groups excluding carboxylic acids is 1. The van der Waals surface area contributed by atoms with Crippen molar-refractivity contribution in [1.82, 2.24) is 5.16 Å². The molecule has 0 aliphatic heterocycles. The molecule has 2 rings (SSSR count). The number of rotatable bonds is 5. The summed E-state index contributed by atoms with van der Waals surface area (Å²) in [5, 5.41) is 7.37. The molecule has 0 spiro atoms. The SMILES string of the molecule is CC(C)(C)c1cc(NC(=O)CCCc2ccc(Cl)cc2)no1. The van der Waals surface area contributed by atoms with Crippen LogP contribution in [0, 0.1) is 0 Å². The Morgan fingerprint density at radius 3 is 2.55 bits per heavy atom. The van der Waals surface area contributed by atoms with Crippen LogP contribution >= 0.6 is 11.6 Å². The summed E-state index contributed by atoms with van der Waals surface area (Å²) in [5.74, 6) is 1.17. The fraction of sp³-hybridized carbons (Fsp3) is 0.412. The Bertz CT molecular complexity index is 627. The summed E-state index contributed by atoms with van der Waals surface area (Å²) in [6.07, 6.45) is 2.06. The first kappa shape index (κ1) is 16.6. The lowest BCUT2D eigenvalue weighted by molar-refractivity contribution is -0.116. The first-order valence-corrected chi connectivity index (χ1v) is 7.74. The van der Waals surface area contributed by atoms with Gasteiger partial charge in [-0.25, -0.2) is 0 Å². The maximum absolute atomic E-state index is 11.9. The molecule has 0 saturated carbocycles. The van der Waals surface area contributed by atoms with Gasteiger partial charge in [-0.1, -0.05) is 49.7 Å². The highest BCUT2D eigenvalue weighted by molar-refractivity contribution is 6.30. The third-order valence-corrected chi connectivity index (χ3v) is 3.55. The van der Waals surface area contributed by atoms with E-state index in [0.29, 0.717) is 12.2 Å². The van der Waals surface area contributed by atoms with Gasteiger partial charge in [-0.3, -0.25) is 4.79 Å². The summed E-state index contributed by atoms with van der Waals surface area (Å²) < 4.78 is 5.24. The van der Waals surface area contributed by atoms with E-state index < -0.39 is 0 Å². The van der Waals surface area contributed by atoms with E-state index in [2.05, 4.69) is 10.5 Å². The summed E-state index contributed by atoms with van der Waals surface area (Å²) >= 11 is 5.84. The van der Waals surface area contributed by atoms with Crippen molar-refractivity contribution in [3.8, 4) is 0 Å². The Balaban J connectivity index is 1.78. The number of aromatic nitrogens is 1. The molecule has 22 heavy (non-hydrogen) atoms. The molecule has 0 aliphatic rings. The molecule has 0 atom stereocenters. The molecule has 5 heteroatoms. The van der Waals surface area contributed by atoms with E-state index in [4.69, 9.17) is 16.1 Å². The van der Waals surface area contributed by atoms with E-state index in [-0.39, 0.29) is 11.3 Å². The van der Waals surface area contributed by atoms with Crippen LogP contribution in [0.1, 0.15) is 44.9 Å². The number of benzene rings is 1. The first-order valence-electron chi connectivity index (χ1n) is 7.36. The van der Waals surface area contributed by atoms with Crippen molar-refractivity contribution in [2.24, 2.45) is 0 Å². The number of hydrogen-bond acceptors (Lipinski definition) is 3. The van der Waals surface area contributed by atoms with E-state index in [9.17, 15) is 4.79 Å².